The first kappa shape index (κ1) is 16.9. The van der Waals surface area contributed by atoms with Crippen molar-refractivity contribution in [2.24, 2.45) is 0 Å². The van der Waals surface area contributed by atoms with Gasteiger partial charge in [0.25, 0.3) is 0 Å². The third-order valence-electron chi connectivity index (χ3n) is 4.21. The molecule has 0 fully saturated rings. The van der Waals surface area contributed by atoms with Crippen molar-refractivity contribution >= 4 is 29.0 Å². The van der Waals surface area contributed by atoms with Gasteiger partial charge in [-0.3, -0.25) is 4.79 Å². The molecular formula is C20H24N2OS. The number of nitrogens with zero attached hydrogens (tertiary/aromatic N) is 1. The van der Waals surface area contributed by atoms with Crippen molar-refractivity contribution in [2.75, 3.05) is 23.3 Å². The van der Waals surface area contributed by atoms with E-state index in [9.17, 15) is 4.79 Å². The van der Waals surface area contributed by atoms with E-state index in [0.717, 1.165) is 17.9 Å². The highest BCUT2D eigenvalue weighted by Crippen LogP contribution is 2.37. The van der Waals surface area contributed by atoms with E-state index < -0.39 is 0 Å². The average molecular weight is 340 g/mol. The maximum Gasteiger partial charge on any atom is 0.243 e. The normalized spacial score (nSPS) is 16.8. The van der Waals surface area contributed by atoms with Gasteiger partial charge in [-0.15, -0.1) is 11.8 Å². The van der Waals surface area contributed by atoms with Crippen LogP contribution in [-0.4, -0.2) is 24.2 Å². The third kappa shape index (κ3) is 3.93. The summed E-state index contributed by atoms with van der Waals surface area (Å²) in [5, 5.41) is 3.50. The summed E-state index contributed by atoms with van der Waals surface area (Å²) in [6.07, 6.45) is 0. The number of fused-ring (bicyclic) bond motifs is 1. The van der Waals surface area contributed by atoms with Crippen molar-refractivity contribution in [3.63, 3.8) is 0 Å². The molecule has 0 aromatic heterocycles. The molecule has 0 spiro atoms. The number of anilines is 2. The molecule has 0 radical (unpaired) electrons. The second kappa shape index (κ2) is 7.31. The molecule has 0 unspecified atom stereocenters. The molecule has 0 aliphatic carbocycles. The molecule has 3 nitrogen and oxygen atoms in total. The number of thioether (sulfide) groups is 1. The lowest BCUT2D eigenvalue weighted by Gasteiger charge is -2.33. The van der Waals surface area contributed by atoms with Gasteiger partial charge in [-0.2, -0.15) is 0 Å². The predicted molar refractivity (Wildman–Crippen MR) is 103 cm³/mol. The van der Waals surface area contributed by atoms with Crippen LogP contribution in [-0.2, 0) is 4.79 Å². The molecule has 1 N–H and O–H groups in total. The van der Waals surface area contributed by atoms with Crippen molar-refractivity contribution < 1.29 is 4.79 Å². The average Bonchev–Trinajstić information content (AvgIpc) is 2.55. The summed E-state index contributed by atoms with van der Waals surface area (Å²) in [5.74, 6) is 0.528. The van der Waals surface area contributed by atoms with E-state index in [0.29, 0.717) is 17.7 Å². The third-order valence-corrected chi connectivity index (χ3v) is 5.36. The smallest absolute Gasteiger partial charge is 0.243 e. The Morgan fingerprint density at radius 2 is 1.92 bits per heavy atom. The van der Waals surface area contributed by atoms with Gasteiger partial charge < -0.3 is 10.2 Å². The summed E-state index contributed by atoms with van der Waals surface area (Å²) in [6, 6.07) is 16.4. The van der Waals surface area contributed by atoms with Gasteiger partial charge in [-0.25, -0.2) is 0 Å². The molecule has 4 heteroatoms. The molecule has 1 heterocycles. The number of amides is 1. The number of carbonyl (C=O) groups is 1. The molecule has 1 atom stereocenters. The zero-order valence-electron chi connectivity index (χ0n) is 14.5. The molecule has 1 amide bonds. The molecule has 0 saturated carbocycles. The standard InChI is InChI=1S/C20H24N2OS/c1-14(2)16-8-10-17(11-9-16)21-20(23)13-22-12-15(3)24-19-7-5-4-6-18(19)22/h4-11,14-15H,12-13H2,1-3H3,(H,21,23)/t15-/m1/s1. The van der Waals surface area contributed by atoms with Crippen LogP contribution >= 0.6 is 11.8 Å². The fourth-order valence-corrected chi connectivity index (χ4v) is 4.12. The highest BCUT2D eigenvalue weighted by atomic mass is 32.2. The van der Waals surface area contributed by atoms with Crippen molar-refractivity contribution in [1.29, 1.82) is 0 Å². The maximum atomic E-state index is 12.5. The summed E-state index contributed by atoms with van der Waals surface area (Å²) in [4.78, 5) is 15.9. The number of nitrogens with one attached hydrogen (secondary N) is 1. The molecule has 2 aromatic carbocycles. The van der Waals surface area contributed by atoms with Crippen molar-refractivity contribution in [3.05, 3.63) is 54.1 Å². The van der Waals surface area contributed by atoms with Gasteiger partial charge in [-0.1, -0.05) is 45.0 Å². The Hall–Kier alpha value is -1.94. The number of hydrogen-bond acceptors (Lipinski definition) is 3. The fourth-order valence-electron chi connectivity index (χ4n) is 2.96. The van der Waals surface area contributed by atoms with E-state index in [1.54, 1.807) is 0 Å². The van der Waals surface area contributed by atoms with Gasteiger partial charge in [0.2, 0.25) is 5.91 Å². The topological polar surface area (TPSA) is 32.3 Å². The van der Waals surface area contributed by atoms with E-state index >= 15 is 0 Å². The van der Waals surface area contributed by atoms with Gasteiger partial charge in [0.05, 0.1) is 12.2 Å². The molecule has 0 bridgehead atoms. The molecule has 0 saturated heterocycles. The minimum absolute atomic E-state index is 0.0289. The van der Waals surface area contributed by atoms with Crippen molar-refractivity contribution in [1.82, 2.24) is 0 Å². The van der Waals surface area contributed by atoms with Gasteiger partial charge in [0.15, 0.2) is 0 Å². The number of carbonyl (C=O) groups excluding carboxylic acids is 1. The van der Waals surface area contributed by atoms with Gasteiger partial charge >= 0.3 is 0 Å². The largest absolute Gasteiger partial charge is 0.360 e. The number of rotatable bonds is 4. The molecule has 1 aliphatic rings. The molecule has 2 aromatic rings. The second-order valence-corrected chi connectivity index (χ2v) is 8.08. The number of benzene rings is 2. The van der Waals surface area contributed by atoms with Crippen molar-refractivity contribution in [2.45, 2.75) is 36.8 Å². The minimum atomic E-state index is 0.0289. The van der Waals surface area contributed by atoms with Crippen LogP contribution in [0.1, 0.15) is 32.3 Å². The summed E-state index contributed by atoms with van der Waals surface area (Å²) in [6.45, 7) is 7.81. The van der Waals surface area contributed by atoms with E-state index in [4.69, 9.17) is 0 Å². The van der Waals surface area contributed by atoms with E-state index in [1.807, 2.05) is 30.0 Å². The van der Waals surface area contributed by atoms with Crippen LogP contribution in [0.2, 0.25) is 0 Å². The number of hydrogen-bond donors (Lipinski definition) is 1. The first-order valence-electron chi connectivity index (χ1n) is 8.43. The van der Waals surface area contributed by atoms with Gasteiger partial charge in [-0.05, 0) is 35.7 Å². The van der Waals surface area contributed by atoms with Crippen LogP contribution in [0, 0.1) is 0 Å². The summed E-state index contributed by atoms with van der Waals surface area (Å²) < 4.78 is 0. The lowest BCUT2D eigenvalue weighted by atomic mass is 10.0. The zero-order valence-corrected chi connectivity index (χ0v) is 15.3. The Balaban J connectivity index is 1.67. The molecule has 126 valence electrons. The van der Waals surface area contributed by atoms with E-state index in [-0.39, 0.29) is 5.91 Å². The minimum Gasteiger partial charge on any atom is -0.360 e. The van der Waals surface area contributed by atoms with E-state index in [1.165, 1.54) is 10.5 Å². The predicted octanol–water partition coefficient (Wildman–Crippen LogP) is 4.75. The summed E-state index contributed by atoms with van der Waals surface area (Å²) in [7, 11) is 0. The number of para-hydroxylation sites is 1. The lowest BCUT2D eigenvalue weighted by molar-refractivity contribution is -0.115. The Kier molecular flexibility index (Phi) is 5.14. The van der Waals surface area contributed by atoms with Crippen LogP contribution in [0.5, 0.6) is 0 Å². The molecular weight excluding hydrogens is 316 g/mol. The zero-order chi connectivity index (χ0) is 17.1. The highest BCUT2D eigenvalue weighted by Gasteiger charge is 2.23. The first-order valence-corrected chi connectivity index (χ1v) is 9.31. The van der Waals surface area contributed by atoms with Crippen LogP contribution in [0.3, 0.4) is 0 Å². The van der Waals surface area contributed by atoms with Crippen LogP contribution in [0.4, 0.5) is 11.4 Å². The monoisotopic (exact) mass is 340 g/mol. The van der Waals surface area contributed by atoms with Crippen LogP contribution in [0.25, 0.3) is 0 Å². The van der Waals surface area contributed by atoms with Crippen LogP contribution < -0.4 is 10.2 Å². The fraction of sp³-hybridized carbons (Fsp3) is 0.350. The first-order chi connectivity index (χ1) is 11.5. The summed E-state index contributed by atoms with van der Waals surface area (Å²) >= 11 is 1.88. The SMILES string of the molecule is CC(C)c1ccc(NC(=O)CN2C[C@@H](C)Sc3ccccc32)cc1. The Morgan fingerprint density at radius 1 is 1.21 bits per heavy atom. The van der Waals surface area contributed by atoms with Crippen molar-refractivity contribution in [3.8, 4) is 0 Å². The molecule has 24 heavy (non-hydrogen) atoms. The Bertz CT molecular complexity index is 712. The highest BCUT2D eigenvalue weighted by molar-refractivity contribution is 8.00. The van der Waals surface area contributed by atoms with Crippen LogP contribution in [0.15, 0.2) is 53.4 Å². The second-order valence-electron chi connectivity index (χ2n) is 6.60. The van der Waals surface area contributed by atoms with Gasteiger partial charge in [0.1, 0.15) is 0 Å². The molecule has 3 rings (SSSR count). The quantitative estimate of drug-likeness (QED) is 0.872. The summed E-state index contributed by atoms with van der Waals surface area (Å²) in [5.41, 5.74) is 3.30. The Morgan fingerprint density at radius 3 is 2.62 bits per heavy atom. The Labute approximate surface area is 148 Å². The van der Waals surface area contributed by atoms with E-state index in [2.05, 4.69) is 61.3 Å². The van der Waals surface area contributed by atoms with Gasteiger partial charge in [0, 0.05) is 22.4 Å². The maximum absolute atomic E-state index is 12.5. The lowest BCUT2D eigenvalue weighted by Crippen LogP contribution is -2.39. The molecule has 1 aliphatic heterocycles.